The van der Waals surface area contributed by atoms with Crippen molar-refractivity contribution >= 4 is 46.4 Å². The first-order chi connectivity index (χ1) is 11.9. The molecule has 0 aliphatic carbocycles. The van der Waals surface area contributed by atoms with Crippen molar-refractivity contribution in [3.8, 4) is 0 Å². The summed E-state index contributed by atoms with van der Waals surface area (Å²) in [6, 6.07) is 13.7. The average molecular weight is 405 g/mol. The van der Waals surface area contributed by atoms with Crippen molar-refractivity contribution in [1.82, 2.24) is 5.32 Å². The number of nitrogens with one attached hydrogen (secondary N) is 2. The second kappa shape index (κ2) is 9.31. The van der Waals surface area contributed by atoms with Gasteiger partial charge in [0.15, 0.2) is 5.11 Å². The Balaban J connectivity index is 1.75. The van der Waals surface area contributed by atoms with Crippen LogP contribution in [0, 0.1) is 0 Å². The zero-order valence-corrected chi connectivity index (χ0v) is 15.5. The molecule has 0 unspecified atom stereocenters. The van der Waals surface area contributed by atoms with Crippen LogP contribution in [-0.4, -0.2) is 17.4 Å². The Bertz CT molecular complexity index is 709. The van der Waals surface area contributed by atoms with Gasteiger partial charge in [-0.2, -0.15) is 24.9 Å². The third-order valence-electron chi connectivity index (χ3n) is 3.17. The fourth-order valence-electron chi connectivity index (χ4n) is 2.00. The third-order valence-corrected chi connectivity index (χ3v) is 4.78. The van der Waals surface area contributed by atoms with Gasteiger partial charge in [0.1, 0.15) is 0 Å². The molecule has 8 heteroatoms. The molecule has 0 radical (unpaired) electrons. The highest BCUT2D eigenvalue weighted by Gasteiger charge is 2.33. The number of hydrogen-bond donors (Lipinski definition) is 2. The molecule has 0 aliphatic rings. The lowest BCUT2D eigenvalue weighted by Gasteiger charge is -2.14. The maximum absolute atomic E-state index is 12.8. The van der Waals surface area contributed by atoms with Gasteiger partial charge in [-0.15, -0.1) is 0 Å². The van der Waals surface area contributed by atoms with Crippen LogP contribution in [0.5, 0.6) is 0 Å². The van der Waals surface area contributed by atoms with Crippen LogP contribution >= 0.6 is 35.6 Å². The molecule has 2 aromatic rings. The summed E-state index contributed by atoms with van der Waals surface area (Å²) >= 11 is 12.4. The van der Waals surface area contributed by atoms with E-state index in [0.717, 1.165) is 17.6 Å². The molecule has 0 amide bonds. The summed E-state index contributed by atoms with van der Waals surface area (Å²) in [6.45, 7) is 0.614. The van der Waals surface area contributed by atoms with Gasteiger partial charge in [-0.3, -0.25) is 0 Å². The molecule has 2 nitrogen and oxygen atoms in total. The summed E-state index contributed by atoms with van der Waals surface area (Å²) in [6.07, 6.45) is -4.50. The Morgan fingerprint density at radius 3 is 2.52 bits per heavy atom. The molecule has 0 spiro atoms. The van der Waals surface area contributed by atoms with E-state index in [9.17, 15) is 13.2 Å². The SMILES string of the molecule is FC(F)(F)c1cc(NC(=S)NCCSCc2ccccc2)ccc1Cl. The molecule has 25 heavy (non-hydrogen) atoms. The van der Waals surface area contributed by atoms with Crippen molar-refractivity contribution in [1.29, 1.82) is 0 Å². The number of anilines is 1. The van der Waals surface area contributed by atoms with Crippen molar-refractivity contribution in [2.24, 2.45) is 0 Å². The van der Waals surface area contributed by atoms with Crippen LogP contribution in [0.25, 0.3) is 0 Å². The van der Waals surface area contributed by atoms with Crippen LogP contribution in [0.4, 0.5) is 18.9 Å². The Labute approximate surface area is 159 Å². The van der Waals surface area contributed by atoms with E-state index in [4.69, 9.17) is 23.8 Å². The first kappa shape index (κ1) is 19.9. The topological polar surface area (TPSA) is 24.1 Å². The lowest BCUT2D eigenvalue weighted by molar-refractivity contribution is -0.137. The second-order valence-corrected chi connectivity index (χ2v) is 7.03. The van der Waals surface area contributed by atoms with Crippen LogP contribution in [-0.2, 0) is 11.9 Å². The standard InChI is InChI=1S/C17H16ClF3N2S2/c18-15-7-6-13(10-14(15)17(19,20)21)23-16(24)22-8-9-25-11-12-4-2-1-3-5-12/h1-7,10H,8-9,11H2,(H2,22,23,24). The largest absolute Gasteiger partial charge is 0.417 e. The fourth-order valence-corrected chi connectivity index (χ4v) is 3.26. The number of thiocarbonyl (C=S) groups is 1. The van der Waals surface area contributed by atoms with E-state index in [2.05, 4.69) is 22.8 Å². The maximum atomic E-state index is 12.8. The quantitative estimate of drug-likeness (QED) is 0.485. The smallest absolute Gasteiger partial charge is 0.362 e. The van der Waals surface area contributed by atoms with Crippen LogP contribution in [0.3, 0.4) is 0 Å². The molecule has 0 aromatic heterocycles. The van der Waals surface area contributed by atoms with E-state index in [-0.39, 0.29) is 15.8 Å². The van der Waals surface area contributed by atoms with Gasteiger partial charge in [0.25, 0.3) is 0 Å². The van der Waals surface area contributed by atoms with Gasteiger partial charge in [0.05, 0.1) is 10.6 Å². The molecule has 134 valence electrons. The number of halogens is 4. The molecule has 0 saturated heterocycles. The molecular formula is C17H16ClF3N2S2. The Morgan fingerprint density at radius 1 is 1.12 bits per heavy atom. The minimum absolute atomic E-state index is 0.242. The van der Waals surface area contributed by atoms with Crippen LogP contribution in [0.2, 0.25) is 5.02 Å². The van der Waals surface area contributed by atoms with E-state index in [1.54, 1.807) is 11.8 Å². The molecule has 0 atom stereocenters. The van der Waals surface area contributed by atoms with Gasteiger partial charge in [-0.1, -0.05) is 41.9 Å². The van der Waals surface area contributed by atoms with Gasteiger partial charge < -0.3 is 10.6 Å². The number of hydrogen-bond acceptors (Lipinski definition) is 2. The van der Waals surface area contributed by atoms with E-state index >= 15 is 0 Å². The molecule has 0 aliphatic heterocycles. The molecule has 0 fully saturated rings. The Hall–Kier alpha value is -1.44. The number of thioether (sulfide) groups is 1. The highest BCUT2D eigenvalue weighted by Crippen LogP contribution is 2.36. The van der Waals surface area contributed by atoms with Gasteiger partial charge >= 0.3 is 6.18 Å². The number of rotatable bonds is 6. The van der Waals surface area contributed by atoms with Crippen LogP contribution in [0.1, 0.15) is 11.1 Å². The minimum Gasteiger partial charge on any atom is -0.362 e. The van der Waals surface area contributed by atoms with Gasteiger partial charge in [-0.25, -0.2) is 0 Å². The van der Waals surface area contributed by atoms with Gasteiger partial charge in [0, 0.05) is 23.7 Å². The van der Waals surface area contributed by atoms with E-state index < -0.39 is 11.7 Å². The maximum Gasteiger partial charge on any atom is 0.417 e. The summed E-state index contributed by atoms with van der Waals surface area (Å²) < 4.78 is 38.5. The Kier molecular flexibility index (Phi) is 7.40. The molecule has 0 saturated carbocycles. The van der Waals surface area contributed by atoms with E-state index in [1.807, 2.05) is 18.2 Å². The van der Waals surface area contributed by atoms with Crippen molar-refractivity contribution in [3.05, 3.63) is 64.7 Å². The first-order valence-electron chi connectivity index (χ1n) is 7.39. The van der Waals surface area contributed by atoms with Crippen molar-refractivity contribution in [3.63, 3.8) is 0 Å². The molecular weight excluding hydrogens is 389 g/mol. The fraction of sp³-hybridized carbons (Fsp3) is 0.235. The lowest BCUT2D eigenvalue weighted by atomic mass is 10.2. The molecule has 2 aromatic carbocycles. The highest BCUT2D eigenvalue weighted by atomic mass is 35.5. The molecule has 0 bridgehead atoms. The van der Waals surface area contributed by atoms with E-state index in [0.29, 0.717) is 6.54 Å². The van der Waals surface area contributed by atoms with E-state index in [1.165, 1.54) is 17.7 Å². The normalized spacial score (nSPS) is 11.2. The van der Waals surface area contributed by atoms with Gasteiger partial charge in [-0.05, 0) is 36.0 Å². The number of benzene rings is 2. The van der Waals surface area contributed by atoms with Gasteiger partial charge in [0.2, 0.25) is 0 Å². The average Bonchev–Trinajstić information content (AvgIpc) is 2.56. The summed E-state index contributed by atoms with van der Waals surface area (Å²) in [5.41, 5.74) is 0.598. The zero-order valence-electron chi connectivity index (χ0n) is 13.1. The summed E-state index contributed by atoms with van der Waals surface area (Å²) in [5.74, 6) is 1.72. The van der Waals surface area contributed by atoms with Crippen LogP contribution < -0.4 is 10.6 Å². The number of alkyl halides is 3. The molecule has 0 heterocycles. The Morgan fingerprint density at radius 2 is 1.84 bits per heavy atom. The summed E-state index contributed by atoms with van der Waals surface area (Å²) in [5, 5.41) is 5.65. The van der Waals surface area contributed by atoms with Crippen molar-refractivity contribution in [2.75, 3.05) is 17.6 Å². The van der Waals surface area contributed by atoms with Crippen LogP contribution in [0.15, 0.2) is 48.5 Å². The summed E-state index contributed by atoms with van der Waals surface area (Å²) in [4.78, 5) is 0. The van der Waals surface area contributed by atoms with Crippen molar-refractivity contribution in [2.45, 2.75) is 11.9 Å². The molecule has 2 N–H and O–H groups in total. The predicted molar refractivity (Wildman–Crippen MR) is 103 cm³/mol. The lowest BCUT2D eigenvalue weighted by Crippen LogP contribution is -2.30. The summed E-state index contributed by atoms with van der Waals surface area (Å²) in [7, 11) is 0. The minimum atomic E-state index is -4.50. The third kappa shape index (κ3) is 6.76. The highest BCUT2D eigenvalue weighted by molar-refractivity contribution is 7.98. The first-order valence-corrected chi connectivity index (χ1v) is 9.33. The van der Waals surface area contributed by atoms with Crippen molar-refractivity contribution < 1.29 is 13.2 Å². The second-order valence-electron chi connectivity index (χ2n) is 5.11. The zero-order chi connectivity index (χ0) is 18.3. The molecule has 2 rings (SSSR count). The predicted octanol–water partition coefficient (Wildman–Crippen LogP) is 5.58. The monoisotopic (exact) mass is 404 g/mol.